The molecule has 0 saturated heterocycles. The van der Waals surface area contributed by atoms with E-state index < -0.39 is 5.97 Å². The third kappa shape index (κ3) is 3.03. The van der Waals surface area contributed by atoms with Gasteiger partial charge in [-0.3, -0.25) is 0 Å². The Bertz CT molecular complexity index is 628. The van der Waals surface area contributed by atoms with E-state index in [-0.39, 0.29) is 6.61 Å². The Balaban J connectivity index is 2.14. The van der Waals surface area contributed by atoms with Crippen molar-refractivity contribution in [2.24, 2.45) is 0 Å². The topological polar surface area (TPSA) is 61.5 Å². The Labute approximate surface area is 122 Å². The summed E-state index contributed by atoms with van der Waals surface area (Å²) in [5.41, 5.74) is 7.17. The van der Waals surface area contributed by atoms with E-state index in [9.17, 15) is 4.79 Å². The molecule has 0 atom stereocenters. The Morgan fingerprint density at radius 2 is 1.95 bits per heavy atom. The highest BCUT2D eigenvalue weighted by atomic mass is 35.5. The minimum atomic E-state index is -0.505. The van der Waals surface area contributed by atoms with Crippen LogP contribution in [0.25, 0.3) is 0 Å². The summed E-state index contributed by atoms with van der Waals surface area (Å²) < 4.78 is 10.4. The number of nitrogen functional groups attached to an aromatic ring is 1. The lowest BCUT2D eigenvalue weighted by Crippen LogP contribution is -2.08. The van der Waals surface area contributed by atoms with Gasteiger partial charge in [-0.05, 0) is 18.2 Å². The molecule has 0 bridgehead atoms. The van der Waals surface area contributed by atoms with E-state index in [4.69, 9.17) is 26.8 Å². The van der Waals surface area contributed by atoms with E-state index in [2.05, 4.69) is 0 Å². The van der Waals surface area contributed by atoms with Gasteiger partial charge in [-0.25, -0.2) is 4.79 Å². The number of hydrogen-bond donors (Lipinski definition) is 1. The van der Waals surface area contributed by atoms with Gasteiger partial charge in [0.05, 0.1) is 12.8 Å². The van der Waals surface area contributed by atoms with E-state index in [1.165, 1.54) is 7.11 Å². The smallest absolute Gasteiger partial charge is 0.342 e. The molecule has 0 amide bonds. The molecule has 2 N–H and O–H groups in total. The van der Waals surface area contributed by atoms with Crippen LogP contribution in [0.15, 0.2) is 42.5 Å². The van der Waals surface area contributed by atoms with Crippen molar-refractivity contribution in [2.45, 2.75) is 6.61 Å². The average molecular weight is 292 g/mol. The van der Waals surface area contributed by atoms with Crippen molar-refractivity contribution in [3.05, 3.63) is 58.6 Å². The summed E-state index contributed by atoms with van der Waals surface area (Å²) >= 11 is 6.00. The van der Waals surface area contributed by atoms with Crippen molar-refractivity contribution >= 4 is 23.3 Å². The number of rotatable bonds is 4. The zero-order chi connectivity index (χ0) is 14.5. The van der Waals surface area contributed by atoms with Crippen LogP contribution >= 0.6 is 11.6 Å². The van der Waals surface area contributed by atoms with E-state index in [1.54, 1.807) is 30.3 Å². The molecule has 0 aliphatic rings. The highest BCUT2D eigenvalue weighted by Crippen LogP contribution is 2.27. The molecule has 0 fully saturated rings. The van der Waals surface area contributed by atoms with Crippen LogP contribution < -0.4 is 10.5 Å². The molecule has 5 heteroatoms. The lowest BCUT2D eigenvalue weighted by molar-refractivity contribution is 0.0469. The number of carbonyl (C=O) groups excluding carboxylic acids is 1. The fourth-order valence-electron chi connectivity index (χ4n) is 1.78. The van der Waals surface area contributed by atoms with Crippen LogP contribution in [-0.4, -0.2) is 13.1 Å². The molecule has 0 unspecified atom stereocenters. The van der Waals surface area contributed by atoms with Gasteiger partial charge in [-0.15, -0.1) is 0 Å². The minimum absolute atomic E-state index is 0.0937. The molecule has 0 aromatic heterocycles. The standard InChI is InChI=1S/C15H14ClNO3/c1-19-14-11(6-4-8-13(14)17)15(18)20-9-10-5-2-3-7-12(10)16/h2-8H,9,17H2,1H3. The normalized spacial score (nSPS) is 10.1. The van der Waals surface area contributed by atoms with Gasteiger partial charge in [0.15, 0.2) is 5.75 Å². The summed E-state index contributed by atoms with van der Waals surface area (Å²) in [4.78, 5) is 12.1. The molecule has 0 aliphatic heterocycles. The summed E-state index contributed by atoms with van der Waals surface area (Å²) in [6.45, 7) is 0.0937. The zero-order valence-corrected chi connectivity index (χ0v) is 11.7. The van der Waals surface area contributed by atoms with Crippen LogP contribution in [0.1, 0.15) is 15.9 Å². The number of nitrogens with two attached hydrogens (primary N) is 1. The van der Waals surface area contributed by atoms with Gasteiger partial charge in [0, 0.05) is 10.6 Å². The second kappa shape index (κ2) is 6.30. The Morgan fingerprint density at radius 3 is 2.65 bits per heavy atom. The van der Waals surface area contributed by atoms with Crippen molar-refractivity contribution in [1.82, 2.24) is 0 Å². The number of carbonyl (C=O) groups is 1. The third-order valence-electron chi connectivity index (χ3n) is 2.79. The lowest BCUT2D eigenvalue weighted by atomic mass is 10.1. The highest BCUT2D eigenvalue weighted by molar-refractivity contribution is 6.31. The fraction of sp³-hybridized carbons (Fsp3) is 0.133. The number of halogens is 1. The summed E-state index contributed by atoms with van der Waals surface area (Å²) in [5, 5.41) is 0.555. The van der Waals surface area contributed by atoms with Crippen LogP contribution in [0.3, 0.4) is 0 Å². The molecule has 4 nitrogen and oxygen atoms in total. The molecule has 20 heavy (non-hydrogen) atoms. The number of para-hydroxylation sites is 1. The van der Waals surface area contributed by atoms with Crippen LogP contribution in [0.4, 0.5) is 5.69 Å². The average Bonchev–Trinajstić information content (AvgIpc) is 2.46. The molecule has 0 radical (unpaired) electrons. The summed E-state index contributed by atoms with van der Waals surface area (Å²) in [7, 11) is 1.45. The number of hydrogen-bond acceptors (Lipinski definition) is 4. The maximum Gasteiger partial charge on any atom is 0.342 e. The number of benzene rings is 2. The third-order valence-corrected chi connectivity index (χ3v) is 3.15. The van der Waals surface area contributed by atoms with Crippen LogP contribution in [0.5, 0.6) is 5.75 Å². The van der Waals surface area contributed by atoms with Crippen molar-refractivity contribution in [1.29, 1.82) is 0 Å². The van der Waals surface area contributed by atoms with E-state index >= 15 is 0 Å². The predicted molar refractivity (Wildman–Crippen MR) is 78.0 cm³/mol. The maximum atomic E-state index is 12.1. The van der Waals surface area contributed by atoms with E-state index in [0.717, 1.165) is 5.56 Å². The monoisotopic (exact) mass is 291 g/mol. The van der Waals surface area contributed by atoms with Crippen molar-refractivity contribution in [3.63, 3.8) is 0 Å². The number of ether oxygens (including phenoxy) is 2. The molecule has 104 valence electrons. The van der Waals surface area contributed by atoms with Gasteiger partial charge in [0.1, 0.15) is 12.2 Å². The number of anilines is 1. The predicted octanol–water partition coefficient (Wildman–Crippen LogP) is 3.29. The molecule has 0 aliphatic carbocycles. The zero-order valence-electron chi connectivity index (χ0n) is 10.9. The van der Waals surface area contributed by atoms with Gasteiger partial charge in [-0.1, -0.05) is 35.9 Å². The highest BCUT2D eigenvalue weighted by Gasteiger charge is 2.16. The first-order valence-corrected chi connectivity index (χ1v) is 6.34. The number of esters is 1. The first-order chi connectivity index (χ1) is 9.63. The van der Waals surface area contributed by atoms with Gasteiger partial charge in [0.2, 0.25) is 0 Å². The quantitative estimate of drug-likeness (QED) is 0.693. The van der Waals surface area contributed by atoms with Crippen LogP contribution in [0, 0.1) is 0 Å². The summed E-state index contributed by atoms with van der Waals surface area (Å²) in [6, 6.07) is 12.1. The largest absolute Gasteiger partial charge is 0.494 e. The van der Waals surface area contributed by atoms with E-state index in [0.29, 0.717) is 22.0 Å². The first kappa shape index (κ1) is 14.2. The van der Waals surface area contributed by atoms with Crippen LogP contribution in [0.2, 0.25) is 5.02 Å². The Kier molecular flexibility index (Phi) is 4.48. The second-order valence-electron chi connectivity index (χ2n) is 4.10. The van der Waals surface area contributed by atoms with Gasteiger partial charge in [0.25, 0.3) is 0 Å². The molecular formula is C15H14ClNO3. The number of methoxy groups -OCH3 is 1. The van der Waals surface area contributed by atoms with Crippen molar-refractivity contribution in [3.8, 4) is 5.75 Å². The summed E-state index contributed by atoms with van der Waals surface area (Å²) in [6.07, 6.45) is 0. The SMILES string of the molecule is COc1c(N)cccc1C(=O)OCc1ccccc1Cl. The molecular weight excluding hydrogens is 278 g/mol. The maximum absolute atomic E-state index is 12.1. The molecule has 0 saturated carbocycles. The Morgan fingerprint density at radius 1 is 1.20 bits per heavy atom. The second-order valence-corrected chi connectivity index (χ2v) is 4.50. The van der Waals surface area contributed by atoms with Gasteiger partial charge < -0.3 is 15.2 Å². The lowest BCUT2D eigenvalue weighted by Gasteiger charge is -2.11. The van der Waals surface area contributed by atoms with Crippen LogP contribution in [-0.2, 0) is 11.3 Å². The van der Waals surface area contributed by atoms with Crippen molar-refractivity contribution < 1.29 is 14.3 Å². The van der Waals surface area contributed by atoms with Gasteiger partial charge >= 0.3 is 5.97 Å². The van der Waals surface area contributed by atoms with Crippen molar-refractivity contribution in [2.75, 3.05) is 12.8 Å². The molecule has 2 rings (SSSR count). The molecule has 2 aromatic rings. The molecule has 0 heterocycles. The fourth-order valence-corrected chi connectivity index (χ4v) is 1.97. The Hall–Kier alpha value is -2.20. The molecule has 2 aromatic carbocycles. The van der Waals surface area contributed by atoms with E-state index in [1.807, 2.05) is 12.1 Å². The first-order valence-electron chi connectivity index (χ1n) is 5.96. The van der Waals surface area contributed by atoms with Gasteiger partial charge in [-0.2, -0.15) is 0 Å². The summed E-state index contributed by atoms with van der Waals surface area (Å²) in [5.74, 6) is -0.189. The minimum Gasteiger partial charge on any atom is -0.494 e. The molecule has 0 spiro atoms.